The third kappa shape index (κ3) is 5.40. The van der Waals surface area contributed by atoms with Crippen LogP contribution in [0.5, 0.6) is 0 Å². The first-order valence-electron chi connectivity index (χ1n) is 7.44. The van der Waals surface area contributed by atoms with Gasteiger partial charge in [-0.2, -0.15) is 0 Å². The summed E-state index contributed by atoms with van der Waals surface area (Å²) in [5.74, 6) is -4.72. The van der Waals surface area contributed by atoms with Crippen LogP contribution in [0.25, 0.3) is 0 Å². The van der Waals surface area contributed by atoms with Gasteiger partial charge in [0.15, 0.2) is 6.10 Å². The van der Waals surface area contributed by atoms with Gasteiger partial charge in [-0.1, -0.05) is 0 Å². The molecule has 0 aromatic carbocycles. The van der Waals surface area contributed by atoms with Crippen LogP contribution in [0.3, 0.4) is 0 Å². The molecule has 1 saturated heterocycles. The summed E-state index contributed by atoms with van der Waals surface area (Å²) < 4.78 is 30.7. The topological polar surface area (TPSA) is 124 Å². The Kier molecular flexibility index (Phi) is 7.31. The zero-order valence-corrected chi connectivity index (χ0v) is 14.7. The van der Waals surface area contributed by atoms with Crippen molar-refractivity contribution in [2.45, 2.75) is 51.3 Å². The molecule has 25 heavy (non-hydrogen) atoms. The van der Waals surface area contributed by atoms with E-state index in [-0.39, 0.29) is 13.0 Å². The Morgan fingerprint density at radius 3 is 2.04 bits per heavy atom. The van der Waals surface area contributed by atoms with Gasteiger partial charge >= 0.3 is 23.9 Å². The van der Waals surface area contributed by atoms with E-state index in [1.54, 1.807) is 0 Å². The van der Waals surface area contributed by atoms with Crippen molar-refractivity contribution in [1.29, 1.82) is 0 Å². The maximum absolute atomic E-state index is 12.1. The van der Waals surface area contributed by atoms with Crippen molar-refractivity contribution in [2.24, 2.45) is 0 Å². The maximum Gasteiger partial charge on any atom is 0.366 e. The summed E-state index contributed by atoms with van der Waals surface area (Å²) in [7, 11) is 2.34. The van der Waals surface area contributed by atoms with Gasteiger partial charge in [0.05, 0.1) is 13.5 Å². The first kappa shape index (κ1) is 20.8. The summed E-state index contributed by atoms with van der Waals surface area (Å²) in [6, 6.07) is 0. The molecule has 1 fully saturated rings. The summed E-state index contributed by atoms with van der Waals surface area (Å²) in [6.07, 6.45) is -3.57. The van der Waals surface area contributed by atoms with E-state index in [9.17, 15) is 19.2 Å². The van der Waals surface area contributed by atoms with E-state index in [2.05, 4.69) is 4.74 Å². The minimum Gasteiger partial charge on any atom is -0.465 e. The third-order valence-electron chi connectivity index (χ3n) is 3.44. The summed E-state index contributed by atoms with van der Waals surface area (Å²) >= 11 is 0. The number of hydrogen-bond donors (Lipinski definition) is 0. The van der Waals surface area contributed by atoms with Crippen molar-refractivity contribution >= 4 is 23.9 Å². The molecule has 10 heteroatoms. The number of carbonyl (C=O) groups is 4. The molecule has 0 amide bonds. The SMILES string of the molecule is COC(=O)[C@@]1(OC)C[C@H](OC(C)=O)[C@H](OC(C)=O)[C@@H](COC(C)=O)O1. The molecule has 1 aliphatic rings. The molecule has 0 bridgehead atoms. The Hall–Kier alpha value is -2.20. The predicted octanol–water partition coefficient (Wildman–Crippen LogP) is -0.282. The lowest BCUT2D eigenvalue weighted by molar-refractivity contribution is -0.311. The van der Waals surface area contributed by atoms with Gasteiger partial charge in [-0.25, -0.2) is 4.79 Å². The molecule has 142 valence electrons. The fraction of sp³-hybridized carbons (Fsp3) is 0.733. The number of ether oxygens (including phenoxy) is 6. The van der Waals surface area contributed by atoms with Crippen molar-refractivity contribution in [2.75, 3.05) is 20.8 Å². The highest BCUT2D eigenvalue weighted by atomic mass is 16.7. The van der Waals surface area contributed by atoms with E-state index in [4.69, 9.17) is 23.7 Å². The van der Waals surface area contributed by atoms with E-state index in [1.165, 1.54) is 14.0 Å². The lowest BCUT2D eigenvalue weighted by atomic mass is 9.94. The monoisotopic (exact) mass is 362 g/mol. The molecular weight excluding hydrogens is 340 g/mol. The Morgan fingerprint density at radius 1 is 1.00 bits per heavy atom. The second-order valence-electron chi connectivity index (χ2n) is 5.33. The largest absolute Gasteiger partial charge is 0.465 e. The van der Waals surface area contributed by atoms with Crippen LogP contribution in [0.2, 0.25) is 0 Å². The minimum atomic E-state index is -1.91. The zero-order chi connectivity index (χ0) is 19.2. The third-order valence-corrected chi connectivity index (χ3v) is 3.44. The Bertz CT molecular complexity index is 530. The van der Waals surface area contributed by atoms with Crippen LogP contribution in [-0.2, 0) is 47.6 Å². The number of esters is 4. The highest BCUT2D eigenvalue weighted by molar-refractivity contribution is 5.78. The Balaban J connectivity index is 3.22. The molecule has 0 aromatic rings. The van der Waals surface area contributed by atoms with Crippen LogP contribution >= 0.6 is 0 Å². The molecule has 0 unspecified atom stereocenters. The fourth-order valence-corrected chi connectivity index (χ4v) is 2.48. The van der Waals surface area contributed by atoms with Gasteiger partial charge in [0.1, 0.15) is 18.8 Å². The van der Waals surface area contributed by atoms with Gasteiger partial charge in [-0.05, 0) is 0 Å². The predicted molar refractivity (Wildman–Crippen MR) is 79.0 cm³/mol. The lowest BCUT2D eigenvalue weighted by Crippen LogP contribution is -2.62. The molecule has 0 radical (unpaired) electrons. The molecule has 10 nitrogen and oxygen atoms in total. The lowest BCUT2D eigenvalue weighted by Gasteiger charge is -2.44. The van der Waals surface area contributed by atoms with Gasteiger partial charge < -0.3 is 28.4 Å². The first-order chi connectivity index (χ1) is 11.6. The van der Waals surface area contributed by atoms with E-state index in [1.807, 2.05) is 0 Å². The second kappa shape index (κ2) is 8.77. The van der Waals surface area contributed by atoms with Crippen LogP contribution in [-0.4, -0.2) is 68.8 Å². The van der Waals surface area contributed by atoms with Crippen LogP contribution in [0.4, 0.5) is 0 Å². The van der Waals surface area contributed by atoms with Crippen molar-refractivity contribution in [3.63, 3.8) is 0 Å². The number of carbonyl (C=O) groups excluding carboxylic acids is 4. The van der Waals surface area contributed by atoms with Crippen molar-refractivity contribution in [3.8, 4) is 0 Å². The van der Waals surface area contributed by atoms with Gasteiger partial charge in [0.2, 0.25) is 0 Å². The van der Waals surface area contributed by atoms with Gasteiger partial charge in [-0.15, -0.1) is 0 Å². The highest BCUT2D eigenvalue weighted by Crippen LogP contribution is 2.35. The van der Waals surface area contributed by atoms with E-state index >= 15 is 0 Å². The minimum absolute atomic E-state index is 0.274. The van der Waals surface area contributed by atoms with E-state index < -0.39 is 48.0 Å². The molecule has 1 aliphatic heterocycles. The summed E-state index contributed by atoms with van der Waals surface area (Å²) in [6.45, 7) is 3.14. The standard InChI is InChI=1S/C15H22O10/c1-8(16)22-7-12-13(24-10(3)18)11(23-9(2)17)6-15(21-5,25-12)14(19)20-4/h11-13H,6-7H2,1-5H3/t11-,12+,13-,15+/m0/s1. The molecule has 1 rings (SSSR count). The van der Waals surface area contributed by atoms with Crippen LogP contribution in [0, 0.1) is 0 Å². The quantitative estimate of drug-likeness (QED) is 0.460. The first-order valence-corrected chi connectivity index (χ1v) is 7.44. The Morgan fingerprint density at radius 2 is 1.60 bits per heavy atom. The van der Waals surface area contributed by atoms with E-state index in [0.717, 1.165) is 21.0 Å². The van der Waals surface area contributed by atoms with Crippen LogP contribution in [0.15, 0.2) is 0 Å². The summed E-state index contributed by atoms with van der Waals surface area (Å²) in [4.78, 5) is 46.0. The molecule has 1 heterocycles. The highest BCUT2D eigenvalue weighted by Gasteiger charge is 2.56. The Labute approximate surface area is 144 Å². The molecule has 0 spiro atoms. The molecular formula is C15H22O10. The average Bonchev–Trinajstić information content (AvgIpc) is 2.53. The normalized spacial score (nSPS) is 28.6. The van der Waals surface area contributed by atoms with Gasteiger partial charge in [-0.3, -0.25) is 14.4 Å². The van der Waals surface area contributed by atoms with E-state index in [0.29, 0.717) is 0 Å². The molecule has 0 aromatic heterocycles. The van der Waals surface area contributed by atoms with Crippen molar-refractivity contribution in [1.82, 2.24) is 0 Å². The fourth-order valence-electron chi connectivity index (χ4n) is 2.48. The molecule has 4 atom stereocenters. The smallest absolute Gasteiger partial charge is 0.366 e. The van der Waals surface area contributed by atoms with Gasteiger partial charge in [0.25, 0.3) is 5.79 Å². The average molecular weight is 362 g/mol. The van der Waals surface area contributed by atoms with Crippen molar-refractivity contribution < 1.29 is 47.6 Å². The van der Waals surface area contributed by atoms with Gasteiger partial charge in [0, 0.05) is 27.9 Å². The number of methoxy groups -OCH3 is 2. The summed E-state index contributed by atoms with van der Waals surface area (Å²) in [5.41, 5.74) is 0. The summed E-state index contributed by atoms with van der Waals surface area (Å²) in [5, 5.41) is 0. The molecule has 0 saturated carbocycles. The van der Waals surface area contributed by atoms with Crippen molar-refractivity contribution in [3.05, 3.63) is 0 Å². The number of hydrogen-bond acceptors (Lipinski definition) is 10. The maximum atomic E-state index is 12.1. The molecule has 0 aliphatic carbocycles. The molecule has 0 N–H and O–H groups in total. The zero-order valence-electron chi connectivity index (χ0n) is 14.7. The van der Waals surface area contributed by atoms with Crippen LogP contribution in [0.1, 0.15) is 27.2 Å². The second-order valence-corrected chi connectivity index (χ2v) is 5.33. The number of rotatable bonds is 6. The van der Waals surface area contributed by atoms with Crippen LogP contribution < -0.4 is 0 Å².